The Balaban J connectivity index is 1.12. The van der Waals surface area contributed by atoms with Crippen LogP contribution in [-0.2, 0) is 0 Å². The van der Waals surface area contributed by atoms with E-state index in [4.69, 9.17) is 19.4 Å². The van der Waals surface area contributed by atoms with Crippen LogP contribution in [0.3, 0.4) is 0 Å². The fourth-order valence-corrected chi connectivity index (χ4v) is 7.03. The quantitative estimate of drug-likeness (QED) is 0.201. The molecule has 0 fully saturated rings. The Labute approximate surface area is 269 Å². The minimum absolute atomic E-state index is 0.560. The van der Waals surface area contributed by atoms with Crippen LogP contribution in [0.1, 0.15) is 0 Å². The van der Waals surface area contributed by atoms with Crippen LogP contribution < -0.4 is 0 Å². The molecule has 3 aromatic heterocycles. The van der Waals surface area contributed by atoms with E-state index in [1.165, 1.54) is 38.6 Å². The zero-order valence-corrected chi connectivity index (χ0v) is 25.1. The summed E-state index contributed by atoms with van der Waals surface area (Å²) in [7, 11) is 0. The van der Waals surface area contributed by atoms with Gasteiger partial charge in [0.1, 0.15) is 5.58 Å². The maximum atomic E-state index is 6.08. The van der Waals surface area contributed by atoms with Gasteiger partial charge in [0.15, 0.2) is 17.5 Å². The van der Waals surface area contributed by atoms with E-state index in [2.05, 4.69) is 83.8 Å². The van der Waals surface area contributed by atoms with E-state index >= 15 is 0 Å². The summed E-state index contributed by atoms with van der Waals surface area (Å²) in [5.41, 5.74) is 11.6. The highest BCUT2D eigenvalue weighted by atomic mass is 16.3. The highest BCUT2D eigenvalue weighted by Gasteiger charge is 2.22. The predicted molar refractivity (Wildman–Crippen MR) is 189 cm³/mol. The van der Waals surface area contributed by atoms with Crippen molar-refractivity contribution in [2.24, 2.45) is 0 Å². The summed E-state index contributed by atoms with van der Waals surface area (Å²) < 4.78 is 6.08. The summed E-state index contributed by atoms with van der Waals surface area (Å²) in [5.74, 6) is 1.79. The average molecular weight is 601 g/mol. The number of fused-ring (bicyclic) bond motifs is 6. The van der Waals surface area contributed by atoms with Crippen molar-refractivity contribution in [3.63, 3.8) is 0 Å². The zero-order valence-electron chi connectivity index (χ0n) is 25.1. The van der Waals surface area contributed by atoms with Gasteiger partial charge in [-0.2, -0.15) is 0 Å². The SMILES string of the molecule is c1ccc(-c2nc(-c3ccc(-c4ccc5c6c(cccc46)-c4ccccc4-5)cc3)nc(-c3ccnc4oc5ccccc5c34)n2)cc1. The molecule has 1 aliphatic carbocycles. The lowest BCUT2D eigenvalue weighted by molar-refractivity contribution is 0.654. The molecule has 0 saturated carbocycles. The number of aromatic nitrogens is 4. The van der Waals surface area contributed by atoms with E-state index in [1.807, 2.05) is 60.7 Å². The van der Waals surface area contributed by atoms with Crippen molar-refractivity contribution in [2.75, 3.05) is 0 Å². The molecule has 0 aliphatic heterocycles. The third kappa shape index (κ3) is 3.97. The summed E-state index contributed by atoms with van der Waals surface area (Å²) in [6.07, 6.45) is 1.75. The Morgan fingerprint density at radius 1 is 0.362 bits per heavy atom. The van der Waals surface area contributed by atoms with Crippen molar-refractivity contribution in [1.29, 1.82) is 0 Å². The van der Waals surface area contributed by atoms with Gasteiger partial charge in [-0.3, -0.25) is 0 Å². The van der Waals surface area contributed by atoms with Gasteiger partial charge < -0.3 is 4.42 Å². The van der Waals surface area contributed by atoms with E-state index in [0.29, 0.717) is 23.2 Å². The number of pyridine rings is 1. The van der Waals surface area contributed by atoms with Crippen molar-refractivity contribution in [1.82, 2.24) is 19.9 Å². The largest absolute Gasteiger partial charge is 0.438 e. The Hall–Kier alpha value is -6.46. The van der Waals surface area contributed by atoms with Crippen LogP contribution in [0.4, 0.5) is 0 Å². The maximum Gasteiger partial charge on any atom is 0.228 e. The first-order valence-corrected chi connectivity index (χ1v) is 15.6. The number of rotatable bonds is 4. The van der Waals surface area contributed by atoms with Gasteiger partial charge in [-0.25, -0.2) is 19.9 Å². The molecule has 5 heteroatoms. The zero-order chi connectivity index (χ0) is 30.9. The molecule has 6 aromatic carbocycles. The van der Waals surface area contributed by atoms with Gasteiger partial charge in [0, 0.05) is 28.3 Å². The summed E-state index contributed by atoms with van der Waals surface area (Å²) in [6, 6.07) is 48.3. The number of hydrogen-bond donors (Lipinski definition) is 0. The van der Waals surface area contributed by atoms with Gasteiger partial charge in [0.05, 0.1) is 5.39 Å². The second-order valence-electron chi connectivity index (χ2n) is 11.8. The first-order valence-electron chi connectivity index (χ1n) is 15.6. The Kier molecular flexibility index (Phi) is 5.51. The molecular weight excluding hydrogens is 576 g/mol. The van der Waals surface area contributed by atoms with Crippen LogP contribution in [0, 0.1) is 0 Å². The van der Waals surface area contributed by atoms with Crippen LogP contribution >= 0.6 is 0 Å². The summed E-state index contributed by atoms with van der Waals surface area (Å²) in [5, 5.41) is 4.45. The van der Waals surface area contributed by atoms with Crippen molar-refractivity contribution in [3.8, 4) is 67.5 Å². The normalized spacial score (nSPS) is 11.8. The molecule has 3 heterocycles. The molecule has 0 radical (unpaired) electrons. The maximum absolute atomic E-state index is 6.08. The second kappa shape index (κ2) is 10.0. The van der Waals surface area contributed by atoms with Crippen LogP contribution in [-0.4, -0.2) is 19.9 Å². The molecule has 0 N–H and O–H groups in total. The monoisotopic (exact) mass is 600 g/mol. The Morgan fingerprint density at radius 3 is 1.77 bits per heavy atom. The van der Waals surface area contributed by atoms with Crippen molar-refractivity contribution in [2.45, 2.75) is 0 Å². The van der Waals surface area contributed by atoms with E-state index in [-0.39, 0.29) is 0 Å². The van der Waals surface area contributed by atoms with E-state index in [1.54, 1.807) is 6.20 Å². The van der Waals surface area contributed by atoms with Gasteiger partial charge in [-0.1, -0.05) is 127 Å². The van der Waals surface area contributed by atoms with Gasteiger partial charge in [0.2, 0.25) is 5.71 Å². The molecule has 0 saturated heterocycles. The first-order chi connectivity index (χ1) is 23.3. The second-order valence-corrected chi connectivity index (χ2v) is 11.8. The average Bonchev–Trinajstić information content (AvgIpc) is 3.69. The Morgan fingerprint density at radius 2 is 0.957 bits per heavy atom. The Bertz CT molecular complexity index is 2650. The molecular formula is C42H24N4O. The minimum Gasteiger partial charge on any atom is -0.438 e. The lowest BCUT2D eigenvalue weighted by Crippen LogP contribution is -2.00. The van der Waals surface area contributed by atoms with Gasteiger partial charge >= 0.3 is 0 Å². The van der Waals surface area contributed by atoms with Gasteiger partial charge in [-0.15, -0.1) is 0 Å². The predicted octanol–water partition coefficient (Wildman–Crippen LogP) is 10.6. The first kappa shape index (κ1) is 25.8. The fourth-order valence-electron chi connectivity index (χ4n) is 7.03. The van der Waals surface area contributed by atoms with Gasteiger partial charge in [-0.05, 0) is 56.3 Å². The minimum atomic E-state index is 0.560. The molecule has 218 valence electrons. The van der Waals surface area contributed by atoms with Crippen molar-refractivity contribution in [3.05, 3.63) is 146 Å². The lowest BCUT2D eigenvalue weighted by atomic mass is 9.94. The van der Waals surface area contributed by atoms with Crippen molar-refractivity contribution < 1.29 is 4.42 Å². The topological polar surface area (TPSA) is 64.7 Å². The van der Waals surface area contributed by atoms with Crippen LogP contribution in [0.5, 0.6) is 0 Å². The summed E-state index contributed by atoms with van der Waals surface area (Å²) >= 11 is 0. The van der Waals surface area contributed by atoms with Crippen LogP contribution in [0.2, 0.25) is 0 Å². The molecule has 47 heavy (non-hydrogen) atoms. The van der Waals surface area contributed by atoms with Crippen LogP contribution in [0.25, 0.3) is 100 Å². The smallest absolute Gasteiger partial charge is 0.228 e. The number of para-hydroxylation sites is 1. The highest BCUT2D eigenvalue weighted by Crippen LogP contribution is 2.49. The third-order valence-corrected chi connectivity index (χ3v) is 9.19. The lowest BCUT2D eigenvalue weighted by Gasteiger charge is -2.11. The molecule has 9 aromatic rings. The van der Waals surface area contributed by atoms with Gasteiger partial charge in [0.25, 0.3) is 0 Å². The molecule has 0 bridgehead atoms. The van der Waals surface area contributed by atoms with E-state index < -0.39 is 0 Å². The molecule has 1 aliphatic rings. The summed E-state index contributed by atoms with van der Waals surface area (Å²) in [4.78, 5) is 19.5. The van der Waals surface area contributed by atoms with Crippen LogP contribution in [0.15, 0.2) is 150 Å². The number of hydrogen-bond acceptors (Lipinski definition) is 5. The molecule has 0 amide bonds. The molecule has 0 spiro atoms. The number of furan rings is 1. The summed E-state index contributed by atoms with van der Waals surface area (Å²) in [6.45, 7) is 0. The molecule has 10 rings (SSSR count). The molecule has 5 nitrogen and oxygen atoms in total. The van der Waals surface area contributed by atoms with E-state index in [9.17, 15) is 0 Å². The van der Waals surface area contributed by atoms with Crippen molar-refractivity contribution >= 4 is 32.8 Å². The molecule has 0 unspecified atom stereocenters. The highest BCUT2D eigenvalue weighted by molar-refractivity contribution is 6.18. The number of benzene rings is 6. The standard InChI is InChI=1S/C42H24N4O/c1-2-9-26(10-3-1)39-44-40(46-41(45-39)35-23-24-43-42-38(35)34-13-6-7-16-36(34)47-42)27-19-17-25(18-20-27)28-21-22-33-30-12-5-4-11-29(30)32-15-8-14-31(28)37(32)33/h1-24H. The number of nitrogens with zero attached hydrogens (tertiary/aromatic N) is 4. The third-order valence-electron chi connectivity index (χ3n) is 9.19. The van der Waals surface area contributed by atoms with E-state index in [0.717, 1.165) is 38.6 Å². The fraction of sp³-hybridized carbons (Fsp3) is 0. The molecule has 0 atom stereocenters.